The molecule has 0 saturated heterocycles. The van der Waals surface area contributed by atoms with Crippen LogP contribution < -0.4 is 10.1 Å². The minimum atomic E-state index is 0.842. The third kappa shape index (κ3) is 1.48. The van der Waals surface area contributed by atoms with Gasteiger partial charge in [0.25, 0.3) is 0 Å². The SMILES string of the molecule is COc1ccc(C)c2c1NCCc1cnoc1-2. The predicted octanol–water partition coefficient (Wildman–Crippen LogP) is 2.63. The molecule has 0 bridgehead atoms. The van der Waals surface area contributed by atoms with Crippen LogP contribution in [0.25, 0.3) is 11.3 Å². The van der Waals surface area contributed by atoms with E-state index in [9.17, 15) is 0 Å². The molecule has 0 spiro atoms. The van der Waals surface area contributed by atoms with Crippen molar-refractivity contribution in [3.05, 3.63) is 29.5 Å². The molecule has 0 unspecified atom stereocenters. The smallest absolute Gasteiger partial charge is 0.172 e. The zero-order chi connectivity index (χ0) is 11.8. The fourth-order valence-electron chi connectivity index (χ4n) is 2.29. The molecule has 1 aromatic heterocycles. The largest absolute Gasteiger partial charge is 0.495 e. The Kier molecular flexibility index (Phi) is 2.28. The van der Waals surface area contributed by atoms with E-state index in [1.807, 2.05) is 12.1 Å². The second-order valence-corrected chi connectivity index (χ2v) is 4.19. The van der Waals surface area contributed by atoms with E-state index in [2.05, 4.69) is 17.4 Å². The van der Waals surface area contributed by atoms with E-state index in [1.54, 1.807) is 13.3 Å². The average molecular weight is 230 g/mol. The number of nitrogens with zero attached hydrogens (tertiary/aromatic N) is 1. The van der Waals surface area contributed by atoms with Crippen molar-refractivity contribution in [2.45, 2.75) is 13.3 Å². The summed E-state index contributed by atoms with van der Waals surface area (Å²) in [6.45, 7) is 2.93. The van der Waals surface area contributed by atoms with Crippen molar-refractivity contribution in [2.75, 3.05) is 19.0 Å². The molecule has 0 saturated carbocycles. The van der Waals surface area contributed by atoms with Gasteiger partial charge >= 0.3 is 0 Å². The molecule has 17 heavy (non-hydrogen) atoms. The number of methoxy groups -OCH3 is 1. The Morgan fingerprint density at radius 1 is 1.41 bits per heavy atom. The first kappa shape index (κ1) is 10.2. The van der Waals surface area contributed by atoms with Gasteiger partial charge in [0.1, 0.15) is 5.75 Å². The minimum Gasteiger partial charge on any atom is -0.495 e. The van der Waals surface area contributed by atoms with Crippen LogP contribution in [0.3, 0.4) is 0 Å². The molecule has 0 radical (unpaired) electrons. The number of aromatic nitrogens is 1. The first-order valence-electron chi connectivity index (χ1n) is 5.66. The zero-order valence-electron chi connectivity index (χ0n) is 9.91. The van der Waals surface area contributed by atoms with Gasteiger partial charge in [0.05, 0.1) is 24.6 Å². The van der Waals surface area contributed by atoms with Crippen LogP contribution in [0.5, 0.6) is 5.75 Å². The zero-order valence-corrected chi connectivity index (χ0v) is 9.91. The van der Waals surface area contributed by atoms with Gasteiger partial charge in [0, 0.05) is 12.1 Å². The molecule has 1 aliphatic rings. The Morgan fingerprint density at radius 2 is 2.29 bits per heavy atom. The van der Waals surface area contributed by atoms with Gasteiger partial charge in [-0.2, -0.15) is 0 Å². The van der Waals surface area contributed by atoms with Gasteiger partial charge in [-0.05, 0) is 25.0 Å². The molecule has 0 fully saturated rings. The van der Waals surface area contributed by atoms with Crippen LogP contribution >= 0.6 is 0 Å². The first-order valence-corrected chi connectivity index (χ1v) is 5.66. The maximum absolute atomic E-state index is 5.40. The van der Waals surface area contributed by atoms with Crippen LogP contribution in [0.4, 0.5) is 5.69 Å². The molecule has 0 amide bonds. The Balaban J connectivity index is 2.31. The highest BCUT2D eigenvalue weighted by Gasteiger charge is 2.22. The summed E-state index contributed by atoms with van der Waals surface area (Å²) in [7, 11) is 1.68. The second-order valence-electron chi connectivity index (χ2n) is 4.19. The fourth-order valence-corrected chi connectivity index (χ4v) is 2.29. The lowest BCUT2D eigenvalue weighted by molar-refractivity contribution is 0.415. The number of rotatable bonds is 1. The van der Waals surface area contributed by atoms with Gasteiger partial charge in [0.15, 0.2) is 5.76 Å². The Bertz CT molecular complexity index is 561. The quantitative estimate of drug-likeness (QED) is 0.818. The van der Waals surface area contributed by atoms with E-state index in [-0.39, 0.29) is 0 Å². The van der Waals surface area contributed by atoms with Crippen molar-refractivity contribution in [2.24, 2.45) is 0 Å². The van der Waals surface area contributed by atoms with E-state index >= 15 is 0 Å². The van der Waals surface area contributed by atoms with Crippen LogP contribution in [-0.4, -0.2) is 18.8 Å². The average Bonchev–Trinajstić information content (AvgIpc) is 2.71. The van der Waals surface area contributed by atoms with Crippen molar-refractivity contribution in [3.8, 4) is 17.1 Å². The Morgan fingerprint density at radius 3 is 3.12 bits per heavy atom. The normalized spacial score (nSPS) is 13.3. The number of hydrogen-bond donors (Lipinski definition) is 1. The Hall–Kier alpha value is -1.97. The number of nitrogens with one attached hydrogen (secondary N) is 1. The molecular weight excluding hydrogens is 216 g/mol. The summed E-state index contributed by atoms with van der Waals surface area (Å²) in [5.74, 6) is 1.70. The third-order valence-electron chi connectivity index (χ3n) is 3.16. The highest BCUT2D eigenvalue weighted by atomic mass is 16.5. The van der Waals surface area contributed by atoms with Crippen LogP contribution in [0.1, 0.15) is 11.1 Å². The maximum atomic E-state index is 5.40. The first-order chi connectivity index (χ1) is 8.31. The number of hydrogen-bond acceptors (Lipinski definition) is 4. The van der Waals surface area contributed by atoms with E-state index in [0.29, 0.717) is 0 Å². The molecule has 4 nitrogen and oxygen atoms in total. The van der Waals surface area contributed by atoms with Crippen molar-refractivity contribution in [1.82, 2.24) is 5.16 Å². The number of ether oxygens (including phenoxy) is 1. The molecule has 4 heteroatoms. The van der Waals surface area contributed by atoms with Crippen LogP contribution in [0, 0.1) is 6.92 Å². The summed E-state index contributed by atoms with van der Waals surface area (Å²) in [4.78, 5) is 0. The molecule has 0 aliphatic carbocycles. The van der Waals surface area contributed by atoms with Gasteiger partial charge in [-0.25, -0.2) is 0 Å². The molecule has 2 aromatic rings. The summed E-state index contributed by atoms with van der Waals surface area (Å²) in [6.07, 6.45) is 2.71. The third-order valence-corrected chi connectivity index (χ3v) is 3.16. The van der Waals surface area contributed by atoms with Crippen molar-refractivity contribution in [1.29, 1.82) is 0 Å². The highest BCUT2D eigenvalue weighted by Crippen LogP contribution is 2.41. The van der Waals surface area contributed by atoms with Gasteiger partial charge < -0.3 is 14.6 Å². The lowest BCUT2D eigenvalue weighted by Gasteiger charge is -2.14. The lowest BCUT2D eigenvalue weighted by atomic mass is 10.0. The molecular formula is C13H14N2O2. The van der Waals surface area contributed by atoms with Crippen molar-refractivity contribution < 1.29 is 9.26 Å². The van der Waals surface area contributed by atoms with Crippen molar-refractivity contribution in [3.63, 3.8) is 0 Å². The summed E-state index contributed by atoms with van der Waals surface area (Å²) in [6, 6.07) is 4.01. The summed E-state index contributed by atoms with van der Waals surface area (Å²) < 4.78 is 10.8. The fraction of sp³-hybridized carbons (Fsp3) is 0.308. The van der Waals surface area contributed by atoms with E-state index in [0.717, 1.165) is 46.9 Å². The minimum absolute atomic E-state index is 0.842. The number of benzene rings is 1. The molecule has 88 valence electrons. The highest BCUT2D eigenvalue weighted by molar-refractivity contribution is 5.84. The van der Waals surface area contributed by atoms with Crippen LogP contribution in [0.2, 0.25) is 0 Å². The van der Waals surface area contributed by atoms with Gasteiger partial charge in [0.2, 0.25) is 0 Å². The molecule has 0 atom stereocenters. The summed E-state index contributed by atoms with van der Waals surface area (Å²) >= 11 is 0. The van der Waals surface area contributed by atoms with E-state index in [4.69, 9.17) is 9.26 Å². The van der Waals surface area contributed by atoms with Gasteiger partial charge in [-0.1, -0.05) is 11.2 Å². The molecule has 3 rings (SSSR count). The molecule has 1 N–H and O–H groups in total. The maximum Gasteiger partial charge on any atom is 0.172 e. The standard InChI is InChI=1S/C13H14N2O2/c1-8-3-4-10(16-2)12-11(8)13-9(5-6-14-12)7-15-17-13/h3-4,7,14H,5-6H2,1-2H3. The van der Waals surface area contributed by atoms with E-state index in [1.165, 1.54) is 0 Å². The molecule has 1 aromatic carbocycles. The summed E-state index contributed by atoms with van der Waals surface area (Å²) in [5.41, 5.74) is 4.37. The van der Waals surface area contributed by atoms with E-state index < -0.39 is 0 Å². The summed E-state index contributed by atoms with van der Waals surface area (Å²) in [5, 5.41) is 7.30. The van der Waals surface area contributed by atoms with Gasteiger partial charge in [-0.15, -0.1) is 0 Å². The number of aryl methyl sites for hydroxylation is 1. The lowest BCUT2D eigenvalue weighted by Crippen LogP contribution is -2.04. The Labute approximate surface area is 99.6 Å². The topological polar surface area (TPSA) is 47.3 Å². The number of anilines is 1. The van der Waals surface area contributed by atoms with Gasteiger partial charge in [-0.3, -0.25) is 0 Å². The van der Waals surface area contributed by atoms with Crippen LogP contribution in [-0.2, 0) is 6.42 Å². The molecule has 2 heterocycles. The number of fused-ring (bicyclic) bond motifs is 3. The molecule has 1 aliphatic heterocycles. The predicted molar refractivity (Wildman–Crippen MR) is 65.4 cm³/mol. The monoisotopic (exact) mass is 230 g/mol. The van der Waals surface area contributed by atoms with Crippen molar-refractivity contribution >= 4 is 5.69 Å². The second kappa shape index (κ2) is 3.80. The van der Waals surface area contributed by atoms with Crippen LogP contribution in [0.15, 0.2) is 22.9 Å².